The average molecular weight is 394 g/mol. The number of esters is 1. The number of nitrogens with zero attached hydrogens (tertiary/aromatic N) is 1. The lowest BCUT2D eigenvalue weighted by molar-refractivity contribution is -0.153. The van der Waals surface area contributed by atoms with Gasteiger partial charge in [0, 0.05) is 17.8 Å². The predicted octanol–water partition coefficient (Wildman–Crippen LogP) is 2.48. The second-order valence-corrected chi connectivity index (χ2v) is 6.92. The number of ether oxygens (including phenoxy) is 1. The number of imide groups is 1. The molecule has 29 heavy (non-hydrogen) atoms. The number of benzene rings is 2. The average Bonchev–Trinajstić information content (AvgIpc) is 2.69. The smallest absolute Gasteiger partial charge is 0.308 e. The molecule has 1 heterocycles. The number of hydrogen-bond donors (Lipinski definition) is 1. The molecule has 0 spiro atoms. The highest BCUT2D eigenvalue weighted by molar-refractivity contribution is 6.09. The van der Waals surface area contributed by atoms with E-state index in [0.29, 0.717) is 16.8 Å². The summed E-state index contributed by atoms with van der Waals surface area (Å²) in [7, 11) is 0. The first-order valence-electron chi connectivity index (χ1n) is 9.35. The van der Waals surface area contributed by atoms with Gasteiger partial charge in [0.1, 0.15) is 0 Å². The molecule has 0 aliphatic carbocycles. The van der Waals surface area contributed by atoms with Crippen LogP contribution >= 0.6 is 0 Å². The molecule has 1 aliphatic heterocycles. The molecular formula is C22H22N2O5. The SMILES string of the molecule is Cc1ccc(NC(=O)[C@@H](C)OC(=O)CCN2C(=O)Cc3ccccc3C2=O)cc1. The summed E-state index contributed by atoms with van der Waals surface area (Å²) in [5, 5.41) is 2.67. The van der Waals surface area contributed by atoms with E-state index >= 15 is 0 Å². The lowest BCUT2D eigenvalue weighted by Gasteiger charge is -2.26. The first-order chi connectivity index (χ1) is 13.8. The molecule has 0 saturated heterocycles. The largest absolute Gasteiger partial charge is 0.452 e. The van der Waals surface area contributed by atoms with Crippen LogP contribution in [0.2, 0.25) is 0 Å². The van der Waals surface area contributed by atoms with E-state index in [4.69, 9.17) is 4.74 Å². The Morgan fingerprint density at radius 1 is 1.10 bits per heavy atom. The summed E-state index contributed by atoms with van der Waals surface area (Å²) in [6.07, 6.45) is -1.06. The zero-order chi connectivity index (χ0) is 21.0. The summed E-state index contributed by atoms with van der Waals surface area (Å²) >= 11 is 0. The van der Waals surface area contributed by atoms with Gasteiger partial charge in [-0.05, 0) is 37.6 Å². The number of aryl methyl sites for hydroxylation is 1. The van der Waals surface area contributed by atoms with Crippen LogP contribution < -0.4 is 5.32 Å². The minimum atomic E-state index is -1.00. The fraction of sp³-hybridized carbons (Fsp3) is 0.273. The van der Waals surface area contributed by atoms with Gasteiger partial charge in [-0.15, -0.1) is 0 Å². The minimum Gasteiger partial charge on any atom is -0.452 e. The van der Waals surface area contributed by atoms with Gasteiger partial charge in [0.2, 0.25) is 5.91 Å². The molecule has 7 nitrogen and oxygen atoms in total. The zero-order valence-electron chi connectivity index (χ0n) is 16.3. The highest BCUT2D eigenvalue weighted by Crippen LogP contribution is 2.20. The van der Waals surface area contributed by atoms with Crippen LogP contribution in [0.5, 0.6) is 0 Å². The Kier molecular flexibility index (Phi) is 6.07. The summed E-state index contributed by atoms with van der Waals surface area (Å²) < 4.78 is 5.14. The Balaban J connectivity index is 1.51. The first-order valence-corrected chi connectivity index (χ1v) is 9.35. The van der Waals surface area contributed by atoms with E-state index in [1.165, 1.54) is 6.92 Å². The molecule has 7 heteroatoms. The second-order valence-electron chi connectivity index (χ2n) is 6.92. The van der Waals surface area contributed by atoms with E-state index in [0.717, 1.165) is 10.5 Å². The molecule has 2 aromatic rings. The van der Waals surface area contributed by atoms with Gasteiger partial charge in [0.15, 0.2) is 6.10 Å². The van der Waals surface area contributed by atoms with E-state index in [1.54, 1.807) is 36.4 Å². The van der Waals surface area contributed by atoms with Crippen molar-refractivity contribution in [3.63, 3.8) is 0 Å². The summed E-state index contributed by atoms with van der Waals surface area (Å²) in [5.74, 6) is -1.89. The van der Waals surface area contributed by atoms with Crippen LogP contribution in [0.25, 0.3) is 0 Å². The van der Waals surface area contributed by atoms with Gasteiger partial charge < -0.3 is 10.1 Å². The molecule has 3 amide bonds. The molecule has 0 radical (unpaired) electrons. The van der Waals surface area contributed by atoms with Gasteiger partial charge in [-0.3, -0.25) is 24.1 Å². The summed E-state index contributed by atoms with van der Waals surface area (Å²) in [5.41, 5.74) is 2.81. The third kappa shape index (κ3) is 4.87. The van der Waals surface area contributed by atoms with Crippen molar-refractivity contribution in [1.82, 2.24) is 4.90 Å². The van der Waals surface area contributed by atoms with Crippen molar-refractivity contribution >= 4 is 29.4 Å². The van der Waals surface area contributed by atoms with Crippen molar-refractivity contribution in [2.24, 2.45) is 0 Å². The van der Waals surface area contributed by atoms with Crippen molar-refractivity contribution in [3.8, 4) is 0 Å². The van der Waals surface area contributed by atoms with Gasteiger partial charge in [0.25, 0.3) is 11.8 Å². The number of anilines is 1. The second kappa shape index (κ2) is 8.68. The molecule has 0 bridgehead atoms. The Morgan fingerprint density at radius 3 is 2.52 bits per heavy atom. The highest BCUT2D eigenvalue weighted by Gasteiger charge is 2.31. The van der Waals surface area contributed by atoms with E-state index in [9.17, 15) is 19.2 Å². The van der Waals surface area contributed by atoms with E-state index < -0.39 is 23.9 Å². The summed E-state index contributed by atoms with van der Waals surface area (Å²) in [6, 6.07) is 14.1. The standard InChI is InChI=1S/C22H22N2O5/c1-14-7-9-17(10-8-14)23-21(27)15(2)29-20(26)11-12-24-19(25)13-16-5-3-4-6-18(16)22(24)28/h3-10,15H,11-13H2,1-2H3,(H,23,27)/t15-/m1/s1. The highest BCUT2D eigenvalue weighted by atomic mass is 16.5. The number of nitrogens with one attached hydrogen (secondary N) is 1. The molecule has 150 valence electrons. The van der Waals surface area contributed by atoms with E-state index in [-0.39, 0.29) is 25.3 Å². The van der Waals surface area contributed by atoms with Crippen LogP contribution in [-0.2, 0) is 25.5 Å². The molecule has 0 saturated carbocycles. The Bertz CT molecular complexity index is 952. The molecule has 1 N–H and O–H groups in total. The molecule has 0 fully saturated rings. The van der Waals surface area contributed by atoms with Crippen LogP contribution in [0.4, 0.5) is 5.69 Å². The quantitative estimate of drug-likeness (QED) is 0.600. The normalized spacial score (nSPS) is 14.2. The number of carbonyl (C=O) groups excluding carboxylic acids is 4. The number of hydrogen-bond acceptors (Lipinski definition) is 5. The van der Waals surface area contributed by atoms with Gasteiger partial charge in [-0.25, -0.2) is 0 Å². The van der Waals surface area contributed by atoms with Crippen molar-refractivity contribution in [2.45, 2.75) is 32.8 Å². The van der Waals surface area contributed by atoms with E-state index in [2.05, 4.69) is 5.32 Å². The molecular weight excluding hydrogens is 372 g/mol. The van der Waals surface area contributed by atoms with Crippen LogP contribution in [0.1, 0.15) is 34.8 Å². The molecule has 0 aromatic heterocycles. The topological polar surface area (TPSA) is 92.8 Å². The third-order valence-electron chi connectivity index (χ3n) is 4.67. The lowest BCUT2D eigenvalue weighted by Crippen LogP contribution is -2.43. The maximum absolute atomic E-state index is 12.5. The van der Waals surface area contributed by atoms with Crippen molar-refractivity contribution in [2.75, 3.05) is 11.9 Å². The molecule has 0 unspecified atom stereocenters. The lowest BCUT2D eigenvalue weighted by atomic mass is 9.98. The van der Waals surface area contributed by atoms with Gasteiger partial charge in [0.05, 0.1) is 12.8 Å². The maximum atomic E-state index is 12.5. The van der Waals surface area contributed by atoms with E-state index in [1.807, 2.05) is 19.1 Å². The molecule has 1 atom stereocenters. The van der Waals surface area contributed by atoms with Crippen LogP contribution in [0.3, 0.4) is 0 Å². The fourth-order valence-electron chi connectivity index (χ4n) is 3.02. The van der Waals surface area contributed by atoms with Crippen LogP contribution in [-0.4, -0.2) is 41.2 Å². The Hall–Kier alpha value is -3.48. The summed E-state index contributed by atoms with van der Waals surface area (Å²) in [4.78, 5) is 50.0. The predicted molar refractivity (Wildman–Crippen MR) is 106 cm³/mol. The third-order valence-corrected chi connectivity index (χ3v) is 4.67. The van der Waals surface area contributed by atoms with Gasteiger partial charge in [-0.1, -0.05) is 35.9 Å². The minimum absolute atomic E-state index is 0.0862. The molecule has 3 rings (SSSR count). The molecule has 2 aromatic carbocycles. The van der Waals surface area contributed by atoms with Crippen molar-refractivity contribution < 1.29 is 23.9 Å². The monoisotopic (exact) mass is 394 g/mol. The number of amides is 3. The maximum Gasteiger partial charge on any atom is 0.308 e. The first kappa shape index (κ1) is 20.3. The Labute approximate surface area is 168 Å². The van der Waals surface area contributed by atoms with Crippen molar-refractivity contribution in [1.29, 1.82) is 0 Å². The summed E-state index contributed by atoms with van der Waals surface area (Å²) in [6.45, 7) is 3.32. The van der Waals surface area contributed by atoms with Gasteiger partial charge >= 0.3 is 5.97 Å². The number of rotatable bonds is 6. The van der Waals surface area contributed by atoms with Crippen LogP contribution in [0, 0.1) is 6.92 Å². The zero-order valence-corrected chi connectivity index (χ0v) is 16.3. The van der Waals surface area contributed by atoms with Crippen LogP contribution in [0.15, 0.2) is 48.5 Å². The van der Waals surface area contributed by atoms with Crippen molar-refractivity contribution in [3.05, 3.63) is 65.2 Å². The Morgan fingerprint density at radius 2 is 1.79 bits per heavy atom. The fourth-order valence-corrected chi connectivity index (χ4v) is 3.02. The number of fused-ring (bicyclic) bond motifs is 1. The van der Waals surface area contributed by atoms with Gasteiger partial charge in [-0.2, -0.15) is 0 Å². The number of carbonyl (C=O) groups is 4. The molecule has 1 aliphatic rings.